The summed E-state index contributed by atoms with van der Waals surface area (Å²) in [6, 6.07) is 16.1. The lowest BCUT2D eigenvalue weighted by Gasteiger charge is -2.43. The smallest absolute Gasteiger partial charge is 0.274 e. The number of hydrogen-bond acceptors (Lipinski definition) is 4. The van der Waals surface area contributed by atoms with Crippen molar-refractivity contribution in [2.75, 3.05) is 18.4 Å². The van der Waals surface area contributed by atoms with Crippen molar-refractivity contribution >= 4 is 17.5 Å². The molecule has 4 heterocycles. The summed E-state index contributed by atoms with van der Waals surface area (Å²) in [6.45, 7) is 1.76. The predicted octanol–water partition coefficient (Wildman–Crippen LogP) is 2.76. The molecule has 2 aromatic heterocycles. The summed E-state index contributed by atoms with van der Waals surface area (Å²) in [6.07, 6.45) is 4.04. The molecule has 1 N–H and O–H groups in total. The zero-order chi connectivity index (χ0) is 21.4. The third-order valence-electron chi connectivity index (χ3n) is 6.10. The molecule has 2 amide bonds. The monoisotopic (exact) mass is 414 g/mol. The van der Waals surface area contributed by atoms with E-state index in [-0.39, 0.29) is 34.9 Å². The first-order valence-electron chi connectivity index (χ1n) is 10.4. The molecule has 156 valence electrons. The van der Waals surface area contributed by atoms with Crippen LogP contribution in [0.15, 0.2) is 71.8 Å². The summed E-state index contributed by atoms with van der Waals surface area (Å²) < 4.78 is 1.77. The summed E-state index contributed by atoms with van der Waals surface area (Å²) in [7, 11) is 0. The zero-order valence-corrected chi connectivity index (χ0v) is 16.9. The van der Waals surface area contributed by atoms with Crippen molar-refractivity contribution in [3.63, 3.8) is 0 Å². The molecule has 0 aliphatic carbocycles. The number of anilines is 1. The minimum atomic E-state index is -0.337. The topological polar surface area (TPSA) is 84.3 Å². The number of fused-ring (bicyclic) bond motifs is 4. The van der Waals surface area contributed by atoms with Gasteiger partial charge in [-0.1, -0.05) is 18.2 Å². The number of likely N-dealkylation sites (tertiary alicyclic amines) is 1. The molecule has 1 saturated heterocycles. The summed E-state index contributed by atoms with van der Waals surface area (Å²) >= 11 is 0. The van der Waals surface area contributed by atoms with Gasteiger partial charge in [0.05, 0.1) is 0 Å². The predicted molar refractivity (Wildman–Crippen MR) is 116 cm³/mol. The van der Waals surface area contributed by atoms with Gasteiger partial charge in [0.2, 0.25) is 0 Å². The van der Waals surface area contributed by atoms with Crippen molar-refractivity contribution in [2.45, 2.75) is 18.9 Å². The molecule has 7 nitrogen and oxygen atoms in total. The number of pyridine rings is 2. The highest BCUT2D eigenvalue weighted by Crippen LogP contribution is 2.36. The fraction of sp³-hybridized carbons (Fsp3) is 0.250. The van der Waals surface area contributed by atoms with Gasteiger partial charge in [-0.2, -0.15) is 0 Å². The van der Waals surface area contributed by atoms with Crippen molar-refractivity contribution < 1.29 is 9.59 Å². The molecule has 0 spiro atoms. The zero-order valence-electron chi connectivity index (χ0n) is 16.9. The highest BCUT2D eigenvalue weighted by molar-refractivity contribution is 6.04. The van der Waals surface area contributed by atoms with Gasteiger partial charge in [-0.05, 0) is 48.7 Å². The average molecular weight is 414 g/mol. The second-order valence-corrected chi connectivity index (χ2v) is 8.15. The Morgan fingerprint density at radius 1 is 0.903 bits per heavy atom. The lowest BCUT2D eigenvalue weighted by atomic mass is 9.83. The second-order valence-electron chi connectivity index (χ2n) is 8.15. The standard InChI is InChI=1S/C24H22N4O3/c29-22(17-8-10-25-11-9-17)26-20-6-7-21-19-12-16(14-28(21)24(20)31)13-27(15-19)23(30)18-4-2-1-3-5-18/h1-11,16,19H,12-15H2,(H,26,29)/t16-,19+/m0/s1. The number of benzene rings is 1. The van der Waals surface area contributed by atoms with Crippen molar-refractivity contribution in [2.24, 2.45) is 5.92 Å². The van der Waals surface area contributed by atoms with E-state index in [1.54, 1.807) is 22.8 Å². The van der Waals surface area contributed by atoms with Crippen molar-refractivity contribution in [3.8, 4) is 0 Å². The maximum absolute atomic E-state index is 13.1. The van der Waals surface area contributed by atoms with Gasteiger partial charge >= 0.3 is 0 Å². The van der Waals surface area contributed by atoms with Gasteiger partial charge in [0.15, 0.2) is 0 Å². The van der Waals surface area contributed by atoms with Gasteiger partial charge in [0.25, 0.3) is 17.4 Å². The van der Waals surface area contributed by atoms with Gasteiger partial charge in [0, 0.05) is 54.8 Å². The van der Waals surface area contributed by atoms with Crippen LogP contribution in [-0.2, 0) is 6.54 Å². The molecule has 1 fully saturated rings. The number of nitrogens with zero attached hydrogens (tertiary/aromatic N) is 3. The molecule has 3 aromatic rings. The highest BCUT2D eigenvalue weighted by Gasteiger charge is 2.37. The Kier molecular flexibility index (Phi) is 4.86. The SMILES string of the molecule is O=C(Nc1ccc2n(c1=O)C[C@H]1C[C@@H]2CN(C(=O)c2ccccc2)C1)c1ccncc1. The van der Waals surface area contributed by atoms with Gasteiger partial charge in [-0.3, -0.25) is 19.4 Å². The van der Waals surface area contributed by atoms with E-state index < -0.39 is 0 Å². The van der Waals surface area contributed by atoms with Crippen LogP contribution in [-0.4, -0.2) is 39.4 Å². The minimum Gasteiger partial charge on any atom is -0.338 e. The van der Waals surface area contributed by atoms with Crippen LogP contribution in [0.5, 0.6) is 0 Å². The van der Waals surface area contributed by atoms with Crippen molar-refractivity contribution in [3.05, 3.63) is 94.2 Å². The number of amides is 2. The maximum Gasteiger partial charge on any atom is 0.274 e. The van der Waals surface area contributed by atoms with Gasteiger partial charge in [0.1, 0.15) is 5.69 Å². The molecule has 2 bridgehead atoms. The normalized spacial score (nSPS) is 19.4. The van der Waals surface area contributed by atoms with E-state index in [4.69, 9.17) is 0 Å². The summed E-state index contributed by atoms with van der Waals surface area (Å²) in [5.41, 5.74) is 2.13. The van der Waals surface area contributed by atoms with Crippen LogP contribution >= 0.6 is 0 Å². The van der Waals surface area contributed by atoms with Crippen LogP contribution in [0.25, 0.3) is 0 Å². The number of carbonyl (C=O) groups is 2. The minimum absolute atomic E-state index is 0.0346. The molecule has 31 heavy (non-hydrogen) atoms. The molecular formula is C24H22N4O3. The molecule has 7 heteroatoms. The Morgan fingerprint density at radius 2 is 1.68 bits per heavy atom. The Hall–Kier alpha value is -3.74. The van der Waals surface area contributed by atoms with E-state index in [0.29, 0.717) is 30.8 Å². The van der Waals surface area contributed by atoms with E-state index >= 15 is 0 Å². The highest BCUT2D eigenvalue weighted by atomic mass is 16.2. The molecule has 5 rings (SSSR count). The Balaban J connectivity index is 1.39. The van der Waals surface area contributed by atoms with E-state index in [9.17, 15) is 14.4 Å². The first-order valence-corrected chi connectivity index (χ1v) is 10.4. The summed E-state index contributed by atoms with van der Waals surface area (Å²) in [4.78, 5) is 44.3. The van der Waals surface area contributed by atoms with Crippen LogP contribution in [0.3, 0.4) is 0 Å². The lowest BCUT2D eigenvalue weighted by molar-refractivity contribution is 0.0594. The summed E-state index contributed by atoms with van der Waals surface area (Å²) in [5.74, 6) is 0.0172. The fourth-order valence-electron chi connectivity index (χ4n) is 4.67. The molecule has 0 saturated carbocycles. The van der Waals surface area contributed by atoms with Crippen molar-refractivity contribution in [1.29, 1.82) is 0 Å². The number of nitrogens with one attached hydrogen (secondary N) is 1. The number of piperidine rings is 1. The number of aromatic nitrogens is 2. The molecule has 2 aliphatic rings. The third-order valence-corrected chi connectivity index (χ3v) is 6.10. The maximum atomic E-state index is 13.1. The van der Waals surface area contributed by atoms with E-state index in [2.05, 4.69) is 10.3 Å². The third kappa shape index (κ3) is 3.63. The van der Waals surface area contributed by atoms with Crippen LogP contribution in [0, 0.1) is 5.92 Å². The Morgan fingerprint density at radius 3 is 2.45 bits per heavy atom. The van der Waals surface area contributed by atoms with E-state index in [0.717, 1.165) is 12.1 Å². The van der Waals surface area contributed by atoms with Crippen LogP contribution < -0.4 is 10.9 Å². The Labute approximate surface area is 179 Å². The number of rotatable bonds is 3. The largest absolute Gasteiger partial charge is 0.338 e. The molecule has 0 unspecified atom stereocenters. The summed E-state index contributed by atoms with van der Waals surface area (Å²) in [5, 5.41) is 2.73. The Bertz CT molecular complexity index is 1190. The van der Waals surface area contributed by atoms with Crippen LogP contribution in [0.2, 0.25) is 0 Å². The number of carbonyl (C=O) groups excluding carboxylic acids is 2. The van der Waals surface area contributed by atoms with Gasteiger partial charge in [-0.15, -0.1) is 0 Å². The molecule has 1 aromatic carbocycles. The van der Waals surface area contributed by atoms with E-state index in [1.165, 1.54) is 12.4 Å². The van der Waals surface area contributed by atoms with Gasteiger partial charge < -0.3 is 14.8 Å². The molecule has 2 aliphatic heterocycles. The molecule has 0 radical (unpaired) electrons. The van der Waals surface area contributed by atoms with Crippen LogP contribution in [0.4, 0.5) is 5.69 Å². The average Bonchev–Trinajstić information content (AvgIpc) is 2.81. The molecular weight excluding hydrogens is 392 g/mol. The lowest BCUT2D eigenvalue weighted by Crippen LogP contribution is -2.49. The quantitative estimate of drug-likeness (QED) is 0.714. The van der Waals surface area contributed by atoms with Crippen molar-refractivity contribution in [1.82, 2.24) is 14.5 Å². The first kappa shape index (κ1) is 19.2. The second kappa shape index (κ2) is 7.83. The van der Waals surface area contributed by atoms with E-state index in [1.807, 2.05) is 41.3 Å². The molecule has 2 atom stereocenters. The first-order chi connectivity index (χ1) is 15.1. The van der Waals surface area contributed by atoms with Crippen LogP contribution in [0.1, 0.15) is 38.7 Å². The number of hydrogen-bond donors (Lipinski definition) is 1. The van der Waals surface area contributed by atoms with Gasteiger partial charge in [-0.25, -0.2) is 0 Å². The fourth-order valence-corrected chi connectivity index (χ4v) is 4.67.